The Hall–Kier alpha value is -1.17. The van der Waals surface area contributed by atoms with Crippen LogP contribution in [0, 0.1) is 6.92 Å². The number of thiazole rings is 1. The van der Waals surface area contributed by atoms with Gasteiger partial charge in [0.1, 0.15) is 12.4 Å². The van der Waals surface area contributed by atoms with Gasteiger partial charge in [-0.15, -0.1) is 11.3 Å². The Morgan fingerprint density at radius 1 is 1.53 bits per heavy atom. The lowest BCUT2D eigenvalue weighted by Gasteiger charge is -2.11. The zero-order valence-corrected chi connectivity index (χ0v) is 12.2. The third-order valence-electron chi connectivity index (χ3n) is 2.82. The number of aromatic nitrogens is 1. The minimum absolute atomic E-state index is 0.301. The van der Waals surface area contributed by atoms with E-state index in [1.54, 1.807) is 17.6 Å². The van der Waals surface area contributed by atoms with Crippen LogP contribution in [0.4, 0.5) is 0 Å². The smallest absolute Gasteiger partial charge is 0.129 e. The van der Waals surface area contributed by atoms with Gasteiger partial charge in [0.15, 0.2) is 0 Å². The molecule has 0 amide bonds. The summed E-state index contributed by atoms with van der Waals surface area (Å²) in [4.78, 5) is 4.47. The fourth-order valence-corrected chi connectivity index (χ4v) is 2.45. The highest BCUT2D eigenvalue weighted by Crippen LogP contribution is 2.15. The predicted molar refractivity (Wildman–Crippen MR) is 76.2 cm³/mol. The van der Waals surface area contributed by atoms with Crippen LogP contribution in [0.1, 0.15) is 35.8 Å². The van der Waals surface area contributed by atoms with E-state index >= 15 is 0 Å². The monoisotopic (exact) mass is 280 g/mol. The van der Waals surface area contributed by atoms with Gasteiger partial charge in [-0.2, -0.15) is 0 Å². The van der Waals surface area contributed by atoms with Gasteiger partial charge in [-0.25, -0.2) is 4.98 Å². The van der Waals surface area contributed by atoms with Gasteiger partial charge in [-0.3, -0.25) is 0 Å². The first kappa shape index (κ1) is 14.2. The second-order valence-electron chi connectivity index (χ2n) is 4.45. The highest BCUT2D eigenvalue weighted by Gasteiger charge is 2.07. The molecular formula is C14H20N2O2S. The summed E-state index contributed by atoms with van der Waals surface area (Å²) in [6, 6.07) is 4.10. The lowest BCUT2D eigenvalue weighted by atomic mass is 10.2. The average molecular weight is 280 g/mol. The van der Waals surface area contributed by atoms with Crippen LogP contribution in [0.25, 0.3) is 0 Å². The molecule has 1 atom stereocenters. The Balaban J connectivity index is 1.54. The molecule has 0 spiro atoms. The van der Waals surface area contributed by atoms with Crippen molar-refractivity contribution in [3.8, 4) is 0 Å². The average Bonchev–Trinajstić information content (AvgIpc) is 3.04. The van der Waals surface area contributed by atoms with Crippen molar-refractivity contribution in [1.82, 2.24) is 10.3 Å². The number of nitrogens with zero attached hydrogens (tertiary/aromatic N) is 1. The fourth-order valence-electron chi connectivity index (χ4n) is 1.74. The maximum Gasteiger partial charge on any atom is 0.129 e. The summed E-state index contributed by atoms with van der Waals surface area (Å²) in [6.07, 6.45) is 2.64. The fraction of sp³-hybridized carbons (Fsp3) is 0.500. The Bertz CT molecular complexity index is 468. The van der Waals surface area contributed by atoms with Gasteiger partial charge in [0, 0.05) is 18.0 Å². The number of aryl methyl sites for hydroxylation is 1. The van der Waals surface area contributed by atoms with Crippen molar-refractivity contribution in [3.63, 3.8) is 0 Å². The van der Waals surface area contributed by atoms with E-state index in [1.807, 2.05) is 19.1 Å². The van der Waals surface area contributed by atoms with Crippen LogP contribution in [-0.4, -0.2) is 18.1 Å². The lowest BCUT2D eigenvalue weighted by Crippen LogP contribution is -2.21. The molecule has 0 saturated heterocycles. The molecule has 2 rings (SSSR count). The van der Waals surface area contributed by atoms with Crippen LogP contribution < -0.4 is 5.32 Å². The standard InChI is InChI=1S/C14H20N2O2S/c1-11(14-10-19-12(2)16-14)15-6-4-7-17-9-13-5-3-8-18-13/h3,5,8,10-11,15H,4,6-7,9H2,1-2H3. The van der Waals surface area contributed by atoms with Crippen LogP contribution in [0.2, 0.25) is 0 Å². The molecule has 0 aliphatic rings. The van der Waals surface area contributed by atoms with E-state index in [9.17, 15) is 0 Å². The van der Waals surface area contributed by atoms with E-state index in [0.29, 0.717) is 12.6 Å². The molecule has 0 bridgehead atoms. The van der Waals surface area contributed by atoms with Gasteiger partial charge >= 0.3 is 0 Å². The molecular weight excluding hydrogens is 260 g/mol. The second-order valence-corrected chi connectivity index (χ2v) is 5.51. The number of nitrogens with one attached hydrogen (secondary N) is 1. The van der Waals surface area contributed by atoms with Crippen molar-refractivity contribution in [2.75, 3.05) is 13.2 Å². The van der Waals surface area contributed by atoms with Crippen molar-refractivity contribution in [1.29, 1.82) is 0 Å². The molecule has 2 aromatic heterocycles. The number of rotatable bonds is 8. The maximum atomic E-state index is 5.52. The van der Waals surface area contributed by atoms with E-state index in [-0.39, 0.29) is 0 Å². The van der Waals surface area contributed by atoms with Crippen molar-refractivity contribution >= 4 is 11.3 Å². The van der Waals surface area contributed by atoms with E-state index in [0.717, 1.165) is 36.0 Å². The SMILES string of the molecule is Cc1nc(C(C)NCCCOCc2ccco2)cs1. The summed E-state index contributed by atoms with van der Waals surface area (Å²) in [7, 11) is 0. The molecule has 0 saturated carbocycles. The van der Waals surface area contributed by atoms with E-state index in [4.69, 9.17) is 9.15 Å². The number of hydrogen-bond donors (Lipinski definition) is 1. The van der Waals surface area contributed by atoms with Gasteiger partial charge in [0.25, 0.3) is 0 Å². The van der Waals surface area contributed by atoms with Crippen molar-refractivity contribution in [2.45, 2.75) is 32.9 Å². The summed E-state index contributed by atoms with van der Waals surface area (Å²) in [6.45, 7) is 6.38. The molecule has 2 heterocycles. The summed E-state index contributed by atoms with van der Waals surface area (Å²) in [5.74, 6) is 0.874. The van der Waals surface area contributed by atoms with E-state index in [2.05, 4.69) is 22.6 Å². The van der Waals surface area contributed by atoms with Crippen molar-refractivity contribution in [3.05, 3.63) is 40.2 Å². The zero-order valence-electron chi connectivity index (χ0n) is 11.4. The van der Waals surface area contributed by atoms with E-state index in [1.165, 1.54) is 0 Å². The van der Waals surface area contributed by atoms with Crippen LogP contribution in [0.5, 0.6) is 0 Å². The maximum absolute atomic E-state index is 5.52. The molecule has 104 valence electrons. The highest BCUT2D eigenvalue weighted by molar-refractivity contribution is 7.09. The summed E-state index contributed by atoms with van der Waals surface area (Å²) in [5, 5.41) is 6.67. The molecule has 0 fully saturated rings. The zero-order chi connectivity index (χ0) is 13.5. The number of ether oxygens (including phenoxy) is 1. The van der Waals surface area contributed by atoms with Gasteiger partial charge in [0.05, 0.1) is 17.0 Å². The van der Waals surface area contributed by atoms with Crippen molar-refractivity contribution in [2.24, 2.45) is 0 Å². The molecule has 4 nitrogen and oxygen atoms in total. The molecule has 0 aromatic carbocycles. The van der Waals surface area contributed by atoms with Crippen LogP contribution >= 0.6 is 11.3 Å². The molecule has 0 aliphatic carbocycles. The summed E-state index contributed by atoms with van der Waals surface area (Å²) >= 11 is 1.69. The Morgan fingerprint density at radius 2 is 2.42 bits per heavy atom. The molecule has 1 unspecified atom stereocenters. The van der Waals surface area contributed by atoms with Crippen LogP contribution in [0.15, 0.2) is 28.2 Å². The molecule has 19 heavy (non-hydrogen) atoms. The molecule has 1 N–H and O–H groups in total. The minimum Gasteiger partial charge on any atom is -0.467 e. The lowest BCUT2D eigenvalue weighted by molar-refractivity contribution is 0.103. The first-order chi connectivity index (χ1) is 9.25. The van der Waals surface area contributed by atoms with Gasteiger partial charge < -0.3 is 14.5 Å². The van der Waals surface area contributed by atoms with Crippen molar-refractivity contribution < 1.29 is 9.15 Å². The first-order valence-corrected chi connectivity index (χ1v) is 7.39. The normalized spacial score (nSPS) is 12.7. The van der Waals surface area contributed by atoms with Crippen LogP contribution in [-0.2, 0) is 11.3 Å². The first-order valence-electron chi connectivity index (χ1n) is 6.51. The molecule has 5 heteroatoms. The van der Waals surface area contributed by atoms with Gasteiger partial charge in [-0.05, 0) is 38.9 Å². The molecule has 0 aliphatic heterocycles. The van der Waals surface area contributed by atoms with Gasteiger partial charge in [-0.1, -0.05) is 0 Å². The second kappa shape index (κ2) is 7.43. The highest BCUT2D eigenvalue weighted by atomic mass is 32.1. The largest absolute Gasteiger partial charge is 0.467 e. The Labute approximate surface area is 117 Å². The quantitative estimate of drug-likeness (QED) is 0.754. The topological polar surface area (TPSA) is 47.3 Å². The number of hydrogen-bond acceptors (Lipinski definition) is 5. The Kier molecular flexibility index (Phi) is 5.57. The van der Waals surface area contributed by atoms with Gasteiger partial charge in [0.2, 0.25) is 0 Å². The summed E-state index contributed by atoms with van der Waals surface area (Å²) in [5.41, 5.74) is 1.12. The number of furan rings is 1. The molecule has 2 aromatic rings. The third kappa shape index (κ3) is 4.78. The third-order valence-corrected chi connectivity index (χ3v) is 3.61. The molecule has 0 radical (unpaired) electrons. The van der Waals surface area contributed by atoms with E-state index < -0.39 is 0 Å². The minimum atomic E-state index is 0.301. The Morgan fingerprint density at radius 3 is 3.11 bits per heavy atom. The van der Waals surface area contributed by atoms with Crippen LogP contribution in [0.3, 0.4) is 0 Å². The predicted octanol–water partition coefficient (Wildman–Crippen LogP) is 3.30. The summed E-state index contributed by atoms with van der Waals surface area (Å²) < 4.78 is 10.7.